The molecule has 2 heterocycles. The summed E-state index contributed by atoms with van der Waals surface area (Å²) < 4.78 is 5.39. The van der Waals surface area contributed by atoms with E-state index in [1.54, 1.807) is 18.3 Å². The molecular formula is C17H19N3O2. The van der Waals surface area contributed by atoms with Crippen LogP contribution in [0.5, 0.6) is 0 Å². The molecule has 1 N–H and O–H groups in total. The lowest BCUT2D eigenvalue weighted by Gasteiger charge is -2.30. The maximum absolute atomic E-state index is 12.4. The number of carbonyl (C=O) groups excluding carboxylic acids is 1. The Bertz CT molecular complexity index is 666. The highest BCUT2D eigenvalue weighted by molar-refractivity contribution is 6.05. The van der Waals surface area contributed by atoms with Crippen LogP contribution in [-0.4, -0.2) is 37.2 Å². The van der Waals surface area contributed by atoms with Gasteiger partial charge in [0, 0.05) is 30.5 Å². The van der Waals surface area contributed by atoms with Crippen molar-refractivity contribution >= 4 is 17.3 Å². The van der Waals surface area contributed by atoms with E-state index in [-0.39, 0.29) is 5.91 Å². The van der Waals surface area contributed by atoms with Crippen LogP contribution >= 0.6 is 0 Å². The molecule has 0 bridgehead atoms. The zero-order valence-corrected chi connectivity index (χ0v) is 12.6. The predicted octanol–water partition coefficient (Wildman–Crippen LogP) is 2.48. The first-order valence-electron chi connectivity index (χ1n) is 7.40. The average molecular weight is 297 g/mol. The summed E-state index contributed by atoms with van der Waals surface area (Å²) in [6.07, 6.45) is 1.65. The SMILES string of the molecule is Cc1cc(C(=O)Nc2ccccc2N2CCOCC2)ccn1. The summed E-state index contributed by atoms with van der Waals surface area (Å²) in [6, 6.07) is 11.4. The fraction of sp³-hybridized carbons (Fsp3) is 0.294. The Hall–Kier alpha value is -2.40. The first kappa shape index (κ1) is 14.5. The summed E-state index contributed by atoms with van der Waals surface area (Å²) in [4.78, 5) is 18.8. The van der Waals surface area contributed by atoms with Crippen molar-refractivity contribution < 1.29 is 9.53 Å². The lowest BCUT2D eigenvalue weighted by Crippen LogP contribution is -2.36. The quantitative estimate of drug-likeness (QED) is 0.945. The zero-order chi connectivity index (χ0) is 15.4. The summed E-state index contributed by atoms with van der Waals surface area (Å²) in [6.45, 7) is 4.97. The van der Waals surface area contributed by atoms with Gasteiger partial charge in [-0.25, -0.2) is 0 Å². The van der Waals surface area contributed by atoms with Crippen LogP contribution in [0.2, 0.25) is 0 Å². The summed E-state index contributed by atoms with van der Waals surface area (Å²) in [5.41, 5.74) is 3.30. The van der Waals surface area contributed by atoms with Crippen molar-refractivity contribution in [3.63, 3.8) is 0 Å². The zero-order valence-electron chi connectivity index (χ0n) is 12.6. The molecule has 22 heavy (non-hydrogen) atoms. The van der Waals surface area contributed by atoms with E-state index in [1.165, 1.54) is 0 Å². The Kier molecular flexibility index (Phi) is 4.34. The van der Waals surface area contributed by atoms with Gasteiger partial charge in [-0.2, -0.15) is 0 Å². The number of para-hydroxylation sites is 2. The van der Waals surface area contributed by atoms with Crippen LogP contribution in [0.25, 0.3) is 0 Å². The predicted molar refractivity (Wildman–Crippen MR) is 86.4 cm³/mol. The topological polar surface area (TPSA) is 54.5 Å². The third-order valence-electron chi connectivity index (χ3n) is 3.66. The number of aromatic nitrogens is 1. The Labute approximate surface area is 129 Å². The number of morpholine rings is 1. The van der Waals surface area contributed by atoms with Crippen molar-refractivity contribution in [3.05, 3.63) is 53.9 Å². The van der Waals surface area contributed by atoms with E-state index in [2.05, 4.69) is 15.2 Å². The van der Waals surface area contributed by atoms with E-state index >= 15 is 0 Å². The van der Waals surface area contributed by atoms with Gasteiger partial charge < -0.3 is 15.0 Å². The maximum Gasteiger partial charge on any atom is 0.255 e. The third-order valence-corrected chi connectivity index (χ3v) is 3.66. The van der Waals surface area contributed by atoms with Crippen LogP contribution in [0.1, 0.15) is 16.1 Å². The molecule has 0 atom stereocenters. The van der Waals surface area contributed by atoms with E-state index < -0.39 is 0 Å². The van der Waals surface area contributed by atoms with Gasteiger partial charge in [-0.15, -0.1) is 0 Å². The maximum atomic E-state index is 12.4. The van der Waals surface area contributed by atoms with Gasteiger partial charge in [0.05, 0.1) is 24.6 Å². The van der Waals surface area contributed by atoms with Gasteiger partial charge in [0.15, 0.2) is 0 Å². The monoisotopic (exact) mass is 297 g/mol. The second-order valence-electron chi connectivity index (χ2n) is 5.26. The number of ether oxygens (including phenoxy) is 1. The van der Waals surface area contributed by atoms with Crippen LogP contribution in [0, 0.1) is 6.92 Å². The Morgan fingerprint density at radius 1 is 1.23 bits per heavy atom. The highest BCUT2D eigenvalue weighted by atomic mass is 16.5. The van der Waals surface area contributed by atoms with E-state index in [4.69, 9.17) is 4.74 Å². The standard InChI is InChI=1S/C17H19N3O2/c1-13-12-14(6-7-18-13)17(21)19-15-4-2-3-5-16(15)20-8-10-22-11-9-20/h2-7,12H,8-11H2,1H3,(H,19,21). The Morgan fingerprint density at radius 2 is 2.00 bits per heavy atom. The molecule has 1 saturated heterocycles. The molecule has 1 amide bonds. The van der Waals surface area contributed by atoms with Crippen molar-refractivity contribution in [1.82, 2.24) is 4.98 Å². The summed E-state index contributed by atoms with van der Waals surface area (Å²) in [5.74, 6) is -0.119. The molecule has 1 aromatic carbocycles. The molecule has 0 spiro atoms. The lowest BCUT2D eigenvalue weighted by atomic mass is 10.2. The molecule has 5 heteroatoms. The van der Waals surface area contributed by atoms with Gasteiger partial charge in [-0.05, 0) is 31.2 Å². The normalized spacial score (nSPS) is 14.7. The van der Waals surface area contributed by atoms with Gasteiger partial charge in [0.2, 0.25) is 0 Å². The molecule has 1 aliphatic rings. The number of hydrogen-bond donors (Lipinski definition) is 1. The first-order chi connectivity index (χ1) is 10.7. The lowest BCUT2D eigenvalue weighted by molar-refractivity contribution is 0.102. The fourth-order valence-electron chi connectivity index (χ4n) is 2.54. The highest BCUT2D eigenvalue weighted by Crippen LogP contribution is 2.26. The molecule has 114 valence electrons. The third kappa shape index (κ3) is 3.26. The Morgan fingerprint density at radius 3 is 2.77 bits per heavy atom. The smallest absolute Gasteiger partial charge is 0.255 e. The number of aryl methyl sites for hydroxylation is 1. The molecule has 1 aliphatic heterocycles. The van der Waals surface area contributed by atoms with Gasteiger partial charge in [0.25, 0.3) is 5.91 Å². The molecule has 0 saturated carbocycles. The second kappa shape index (κ2) is 6.58. The molecule has 2 aromatic rings. The molecule has 1 aromatic heterocycles. The van der Waals surface area contributed by atoms with Crippen molar-refractivity contribution in [1.29, 1.82) is 0 Å². The van der Waals surface area contributed by atoms with E-state index in [1.807, 2.05) is 31.2 Å². The van der Waals surface area contributed by atoms with Gasteiger partial charge in [-0.3, -0.25) is 9.78 Å². The Balaban J connectivity index is 1.81. The summed E-state index contributed by atoms with van der Waals surface area (Å²) in [7, 11) is 0. The van der Waals surface area contributed by atoms with Crippen molar-refractivity contribution in [2.75, 3.05) is 36.5 Å². The number of carbonyl (C=O) groups is 1. The van der Waals surface area contributed by atoms with E-state index in [0.29, 0.717) is 18.8 Å². The van der Waals surface area contributed by atoms with Gasteiger partial charge >= 0.3 is 0 Å². The van der Waals surface area contributed by atoms with Crippen molar-refractivity contribution in [3.8, 4) is 0 Å². The van der Waals surface area contributed by atoms with E-state index in [0.717, 1.165) is 30.2 Å². The largest absolute Gasteiger partial charge is 0.378 e. The fourth-order valence-corrected chi connectivity index (χ4v) is 2.54. The molecule has 0 unspecified atom stereocenters. The number of hydrogen-bond acceptors (Lipinski definition) is 4. The molecule has 0 radical (unpaired) electrons. The van der Waals surface area contributed by atoms with Crippen molar-refractivity contribution in [2.45, 2.75) is 6.92 Å². The van der Waals surface area contributed by atoms with Crippen LogP contribution in [0.3, 0.4) is 0 Å². The minimum absolute atomic E-state index is 0.119. The molecule has 3 rings (SSSR count). The molecule has 0 aliphatic carbocycles. The number of nitrogens with one attached hydrogen (secondary N) is 1. The number of rotatable bonds is 3. The summed E-state index contributed by atoms with van der Waals surface area (Å²) in [5, 5.41) is 3.00. The van der Waals surface area contributed by atoms with Gasteiger partial charge in [-0.1, -0.05) is 12.1 Å². The number of anilines is 2. The minimum atomic E-state index is -0.119. The number of pyridine rings is 1. The van der Waals surface area contributed by atoms with Crippen molar-refractivity contribution in [2.24, 2.45) is 0 Å². The molecular weight excluding hydrogens is 278 g/mol. The van der Waals surface area contributed by atoms with Crippen LogP contribution in [-0.2, 0) is 4.74 Å². The van der Waals surface area contributed by atoms with Crippen LogP contribution < -0.4 is 10.2 Å². The molecule has 1 fully saturated rings. The number of nitrogens with zero attached hydrogens (tertiary/aromatic N) is 2. The molecule has 5 nitrogen and oxygen atoms in total. The second-order valence-corrected chi connectivity index (χ2v) is 5.26. The first-order valence-corrected chi connectivity index (χ1v) is 7.40. The van der Waals surface area contributed by atoms with Crippen LogP contribution in [0.4, 0.5) is 11.4 Å². The van der Waals surface area contributed by atoms with E-state index in [9.17, 15) is 4.79 Å². The highest BCUT2D eigenvalue weighted by Gasteiger charge is 2.16. The number of amides is 1. The summed E-state index contributed by atoms with van der Waals surface area (Å²) >= 11 is 0. The average Bonchev–Trinajstić information content (AvgIpc) is 2.56. The van der Waals surface area contributed by atoms with Crippen LogP contribution in [0.15, 0.2) is 42.6 Å². The minimum Gasteiger partial charge on any atom is -0.378 e. The van der Waals surface area contributed by atoms with Gasteiger partial charge in [0.1, 0.15) is 0 Å². The number of benzene rings is 1.